The molecule has 5 aromatic rings. The average Bonchev–Trinajstić information content (AvgIpc) is 2.78. The highest BCUT2D eigenvalue weighted by molar-refractivity contribution is 7.90. The molecule has 3 aromatic carbocycles. The van der Waals surface area contributed by atoms with Crippen LogP contribution in [0.15, 0.2) is 94.7 Å². The van der Waals surface area contributed by atoms with Gasteiger partial charge >= 0.3 is 0 Å². The summed E-state index contributed by atoms with van der Waals surface area (Å²) in [4.78, 5) is 17.6. The van der Waals surface area contributed by atoms with Gasteiger partial charge in [-0.2, -0.15) is 0 Å². The van der Waals surface area contributed by atoms with Gasteiger partial charge in [-0.3, -0.25) is 14.3 Å². The number of halogens is 1. The van der Waals surface area contributed by atoms with Crippen molar-refractivity contribution in [1.82, 2.24) is 9.55 Å². The molecule has 0 spiro atoms. The quantitative estimate of drug-likeness (QED) is 0.377. The van der Waals surface area contributed by atoms with Crippen molar-refractivity contribution in [1.29, 1.82) is 0 Å². The van der Waals surface area contributed by atoms with E-state index >= 15 is 0 Å². The standard InChI is InChI=1S/C25H17FN2O3S/c1-32(30,31)21-10-8-20(9-11-21)28-24(29)13-5-18-15-27-23-12-4-17(14-22(23)25(18)28)16-2-6-19(26)7-3-16/h2-15H,1H3. The zero-order valence-electron chi connectivity index (χ0n) is 17.0. The van der Waals surface area contributed by atoms with Crippen LogP contribution in [0, 0.1) is 5.82 Å². The molecule has 7 heteroatoms. The van der Waals surface area contributed by atoms with Crippen molar-refractivity contribution in [2.24, 2.45) is 0 Å². The maximum Gasteiger partial charge on any atom is 0.255 e. The first-order valence-electron chi connectivity index (χ1n) is 9.82. The number of aromatic nitrogens is 2. The molecule has 0 saturated carbocycles. The Bertz CT molecular complexity index is 1660. The molecule has 0 aliphatic heterocycles. The molecule has 0 fully saturated rings. The second kappa shape index (κ2) is 7.39. The molecule has 0 bridgehead atoms. The molecule has 2 heterocycles. The lowest BCUT2D eigenvalue weighted by Crippen LogP contribution is -2.17. The second-order valence-corrected chi connectivity index (χ2v) is 9.59. The molecule has 5 rings (SSSR count). The van der Waals surface area contributed by atoms with Gasteiger partial charge in [-0.05, 0) is 65.7 Å². The minimum atomic E-state index is -3.35. The van der Waals surface area contributed by atoms with Crippen LogP contribution in [0.5, 0.6) is 0 Å². The van der Waals surface area contributed by atoms with Crippen LogP contribution in [0.1, 0.15) is 0 Å². The minimum Gasteiger partial charge on any atom is -0.276 e. The molecule has 0 aliphatic rings. The van der Waals surface area contributed by atoms with Crippen LogP contribution in [0.25, 0.3) is 38.6 Å². The van der Waals surface area contributed by atoms with Crippen LogP contribution >= 0.6 is 0 Å². The van der Waals surface area contributed by atoms with E-state index in [2.05, 4.69) is 4.98 Å². The topological polar surface area (TPSA) is 69.0 Å². The van der Waals surface area contributed by atoms with Crippen LogP contribution in [-0.2, 0) is 9.84 Å². The van der Waals surface area contributed by atoms with E-state index < -0.39 is 9.84 Å². The molecule has 5 nitrogen and oxygen atoms in total. The number of hydrogen-bond donors (Lipinski definition) is 0. The van der Waals surface area contributed by atoms with Crippen molar-refractivity contribution in [3.05, 3.63) is 101 Å². The normalized spacial score (nSPS) is 11.8. The fraction of sp³-hybridized carbons (Fsp3) is 0.0400. The molecule has 0 amide bonds. The van der Waals surface area contributed by atoms with Crippen molar-refractivity contribution in [2.75, 3.05) is 6.26 Å². The summed E-state index contributed by atoms with van der Waals surface area (Å²) in [6.07, 6.45) is 2.85. The van der Waals surface area contributed by atoms with Crippen LogP contribution < -0.4 is 5.56 Å². The van der Waals surface area contributed by atoms with E-state index in [0.29, 0.717) is 16.7 Å². The fourth-order valence-corrected chi connectivity index (χ4v) is 4.46. The van der Waals surface area contributed by atoms with E-state index in [1.54, 1.807) is 41.1 Å². The zero-order valence-corrected chi connectivity index (χ0v) is 17.8. The fourth-order valence-electron chi connectivity index (χ4n) is 3.83. The third-order valence-electron chi connectivity index (χ3n) is 5.42. The number of benzene rings is 3. The van der Waals surface area contributed by atoms with Crippen molar-refractivity contribution in [2.45, 2.75) is 4.90 Å². The number of sulfone groups is 1. The lowest BCUT2D eigenvalue weighted by Gasteiger charge is -2.14. The van der Waals surface area contributed by atoms with E-state index in [-0.39, 0.29) is 16.3 Å². The summed E-state index contributed by atoms with van der Waals surface area (Å²) in [7, 11) is -3.35. The van der Waals surface area contributed by atoms with Gasteiger partial charge in [-0.25, -0.2) is 12.8 Å². The molecular weight excluding hydrogens is 427 g/mol. The number of fused-ring (bicyclic) bond motifs is 3. The second-order valence-electron chi connectivity index (χ2n) is 7.57. The lowest BCUT2D eigenvalue weighted by molar-refractivity contribution is 0.602. The first kappa shape index (κ1) is 20.1. The van der Waals surface area contributed by atoms with Gasteiger partial charge in [0, 0.05) is 35.0 Å². The molecule has 0 aliphatic carbocycles. The third kappa shape index (κ3) is 3.46. The maximum absolute atomic E-state index is 13.4. The maximum atomic E-state index is 13.4. The Labute approximate surface area is 183 Å². The summed E-state index contributed by atoms with van der Waals surface area (Å²) in [6, 6.07) is 21.3. The third-order valence-corrected chi connectivity index (χ3v) is 6.55. The number of pyridine rings is 2. The van der Waals surface area contributed by atoms with Gasteiger partial charge in [0.15, 0.2) is 9.84 Å². The monoisotopic (exact) mass is 444 g/mol. The Morgan fingerprint density at radius 3 is 2.22 bits per heavy atom. The van der Waals surface area contributed by atoms with Crippen molar-refractivity contribution < 1.29 is 12.8 Å². The van der Waals surface area contributed by atoms with Crippen LogP contribution in [-0.4, -0.2) is 24.2 Å². The summed E-state index contributed by atoms with van der Waals surface area (Å²) in [6.45, 7) is 0. The largest absolute Gasteiger partial charge is 0.276 e. The van der Waals surface area contributed by atoms with Crippen LogP contribution in [0.4, 0.5) is 4.39 Å². The Morgan fingerprint density at radius 2 is 1.53 bits per heavy atom. The highest BCUT2D eigenvalue weighted by atomic mass is 32.2. The van der Waals surface area contributed by atoms with Crippen molar-refractivity contribution in [3.63, 3.8) is 0 Å². The van der Waals surface area contributed by atoms with Crippen molar-refractivity contribution >= 4 is 31.6 Å². The van der Waals surface area contributed by atoms with Gasteiger partial charge in [0.1, 0.15) is 5.82 Å². The first-order valence-corrected chi connectivity index (χ1v) is 11.7. The smallest absolute Gasteiger partial charge is 0.255 e. The molecular formula is C25H17FN2O3S. The van der Waals surface area contributed by atoms with E-state index in [0.717, 1.165) is 28.2 Å². The Hall–Kier alpha value is -3.84. The van der Waals surface area contributed by atoms with Gasteiger partial charge in [-0.15, -0.1) is 0 Å². The van der Waals surface area contributed by atoms with Crippen molar-refractivity contribution in [3.8, 4) is 16.8 Å². The Kier molecular flexibility index (Phi) is 4.64. The summed E-state index contributed by atoms with van der Waals surface area (Å²) >= 11 is 0. The summed E-state index contributed by atoms with van der Waals surface area (Å²) in [5.41, 5.74) is 3.38. The van der Waals surface area contributed by atoms with E-state index in [1.165, 1.54) is 30.3 Å². The van der Waals surface area contributed by atoms with Gasteiger partial charge in [0.25, 0.3) is 5.56 Å². The molecule has 2 aromatic heterocycles. The lowest BCUT2D eigenvalue weighted by atomic mass is 10.0. The zero-order chi connectivity index (χ0) is 22.5. The van der Waals surface area contributed by atoms with Crippen LogP contribution in [0.2, 0.25) is 0 Å². The minimum absolute atomic E-state index is 0.180. The summed E-state index contributed by atoms with van der Waals surface area (Å²) in [5.74, 6) is -0.312. The number of nitrogens with zero attached hydrogens (tertiary/aromatic N) is 2. The van der Waals surface area contributed by atoms with Gasteiger partial charge in [0.2, 0.25) is 0 Å². The van der Waals surface area contributed by atoms with E-state index in [4.69, 9.17) is 0 Å². The summed E-state index contributed by atoms with van der Waals surface area (Å²) < 4.78 is 38.6. The summed E-state index contributed by atoms with van der Waals surface area (Å²) in [5, 5.41) is 1.52. The molecule has 0 radical (unpaired) electrons. The highest BCUT2D eigenvalue weighted by Gasteiger charge is 2.13. The number of hydrogen-bond acceptors (Lipinski definition) is 4. The Balaban J connectivity index is 1.81. The van der Waals surface area contributed by atoms with Crippen LogP contribution in [0.3, 0.4) is 0 Å². The predicted molar refractivity (Wildman–Crippen MR) is 123 cm³/mol. The average molecular weight is 444 g/mol. The van der Waals surface area contributed by atoms with E-state index in [9.17, 15) is 17.6 Å². The van der Waals surface area contributed by atoms with Gasteiger partial charge < -0.3 is 0 Å². The molecule has 0 saturated heterocycles. The van der Waals surface area contributed by atoms with Gasteiger partial charge in [-0.1, -0.05) is 18.2 Å². The predicted octanol–water partition coefficient (Wildman–Crippen LogP) is 4.75. The number of rotatable bonds is 3. The molecule has 0 unspecified atom stereocenters. The molecule has 0 atom stereocenters. The van der Waals surface area contributed by atoms with Gasteiger partial charge in [0.05, 0.1) is 15.9 Å². The highest BCUT2D eigenvalue weighted by Crippen LogP contribution is 2.29. The Morgan fingerprint density at radius 1 is 0.844 bits per heavy atom. The molecule has 158 valence electrons. The SMILES string of the molecule is CS(=O)(=O)c1ccc(-n2c(=O)ccc3cnc4ccc(-c5ccc(F)cc5)cc4c32)cc1. The first-order chi connectivity index (χ1) is 15.3. The van der Waals surface area contributed by atoms with E-state index in [1.807, 2.05) is 18.2 Å². The molecule has 0 N–H and O–H groups in total. The molecule has 32 heavy (non-hydrogen) atoms.